The first-order valence-corrected chi connectivity index (χ1v) is 12.7. The number of carbonyl (C=O) groups excluding carboxylic acids is 1. The fourth-order valence-corrected chi connectivity index (χ4v) is 5.19. The highest BCUT2D eigenvalue weighted by Gasteiger charge is 2.31. The molecule has 0 saturated carbocycles. The molecule has 36 heavy (non-hydrogen) atoms. The molecule has 0 spiro atoms. The minimum absolute atomic E-state index is 0. The number of aromatic nitrogens is 1. The average Bonchev–Trinajstić information content (AvgIpc) is 3.09. The molecule has 2 saturated heterocycles. The molecule has 1 aromatic heterocycles. The Morgan fingerprint density at radius 1 is 1.03 bits per heavy atom. The Morgan fingerprint density at radius 2 is 1.81 bits per heavy atom. The summed E-state index contributed by atoms with van der Waals surface area (Å²) in [6.07, 6.45) is 1.77. The Bertz CT molecular complexity index is 986. The van der Waals surface area contributed by atoms with Gasteiger partial charge in [-0.2, -0.15) is 13.2 Å². The van der Waals surface area contributed by atoms with Gasteiger partial charge in [-0.25, -0.2) is 0 Å². The molecule has 5 nitrogen and oxygen atoms in total. The predicted molar refractivity (Wildman–Crippen MR) is 138 cm³/mol. The van der Waals surface area contributed by atoms with Gasteiger partial charge < -0.3 is 14.7 Å². The monoisotopic (exact) mass is 524 g/mol. The molecular formula is C27H36ClF3N4O. The predicted octanol–water partition coefficient (Wildman–Crippen LogP) is 5.77. The van der Waals surface area contributed by atoms with Crippen LogP contribution in [0, 0.1) is 5.92 Å². The molecule has 0 unspecified atom stereocenters. The zero-order valence-corrected chi connectivity index (χ0v) is 20.6. The third-order valence-corrected chi connectivity index (χ3v) is 7.19. The van der Waals surface area contributed by atoms with Crippen LogP contribution >= 0.6 is 11.6 Å². The molecule has 0 aliphatic carbocycles. The molecule has 2 fully saturated rings. The second-order valence-electron chi connectivity index (χ2n) is 9.54. The Labute approximate surface area is 217 Å². The lowest BCUT2D eigenvalue weighted by Gasteiger charge is -2.33. The number of piperidine rings is 1. The summed E-state index contributed by atoms with van der Waals surface area (Å²) in [6.45, 7) is 5.80. The smallest absolute Gasteiger partial charge is 0.370 e. The molecule has 9 heteroatoms. The van der Waals surface area contributed by atoms with Crippen molar-refractivity contribution in [2.75, 3.05) is 50.7 Å². The van der Waals surface area contributed by atoms with Gasteiger partial charge in [0.05, 0.1) is 5.56 Å². The summed E-state index contributed by atoms with van der Waals surface area (Å²) in [4.78, 5) is 23.3. The van der Waals surface area contributed by atoms with Crippen LogP contribution in [0.25, 0.3) is 0 Å². The van der Waals surface area contributed by atoms with Gasteiger partial charge in [-0.3, -0.25) is 9.78 Å². The average molecular weight is 525 g/mol. The fourth-order valence-electron chi connectivity index (χ4n) is 5.06. The normalized spacial score (nSPS) is 19.5. The van der Waals surface area contributed by atoms with E-state index < -0.39 is 11.7 Å². The zero-order chi connectivity index (χ0) is 24.8. The maximum Gasteiger partial charge on any atom is 0.417 e. The van der Waals surface area contributed by atoms with E-state index in [1.807, 2.05) is 29.2 Å². The highest BCUT2D eigenvalue weighted by atomic mass is 35.5. The van der Waals surface area contributed by atoms with Crippen LogP contribution in [-0.4, -0.2) is 66.5 Å². The van der Waals surface area contributed by atoms with Gasteiger partial charge in [0.1, 0.15) is 0 Å². The van der Waals surface area contributed by atoms with Crippen molar-refractivity contribution in [1.82, 2.24) is 14.8 Å². The second-order valence-corrected chi connectivity index (χ2v) is 9.98. The lowest BCUT2D eigenvalue weighted by molar-refractivity contribution is -0.138. The van der Waals surface area contributed by atoms with Crippen LogP contribution in [0.1, 0.15) is 44.2 Å². The largest absolute Gasteiger partial charge is 0.417 e. The van der Waals surface area contributed by atoms with E-state index in [0.717, 1.165) is 69.8 Å². The minimum Gasteiger partial charge on any atom is -0.370 e. The van der Waals surface area contributed by atoms with Crippen LogP contribution in [0.4, 0.5) is 18.9 Å². The van der Waals surface area contributed by atoms with Crippen LogP contribution in [-0.2, 0) is 17.4 Å². The summed E-state index contributed by atoms with van der Waals surface area (Å²) in [5, 5.41) is 0.732. The molecular weight excluding hydrogens is 489 g/mol. The van der Waals surface area contributed by atoms with Crippen molar-refractivity contribution in [3.8, 4) is 0 Å². The van der Waals surface area contributed by atoms with Gasteiger partial charge in [0, 0.05) is 68.8 Å². The highest BCUT2D eigenvalue weighted by molar-refractivity contribution is 6.30. The molecule has 3 heterocycles. The molecule has 1 atom stereocenters. The van der Waals surface area contributed by atoms with Crippen molar-refractivity contribution in [2.24, 2.45) is 5.92 Å². The Hall–Kier alpha value is -2.32. The van der Waals surface area contributed by atoms with Crippen LogP contribution < -0.4 is 4.90 Å². The first-order valence-electron chi connectivity index (χ1n) is 12.3. The number of hydrogen-bond donors (Lipinski definition) is 0. The molecule has 1 amide bonds. The standard InChI is InChI=1S/C26H32ClF3N4O.CH4/c27-23-4-6-24(7-5-23)33-11-2-9-32(13-14-33)12-8-25(35)34-10-1-3-20(19-34)15-21-16-22(18-31-17-21)26(28,29)30;/h4-7,16-18,20H,1-3,8-15,19H2;1H4/t20-;/m1./s1. The Balaban J connectivity index is 0.00000361. The van der Waals surface area contributed by atoms with Crippen molar-refractivity contribution in [2.45, 2.75) is 45.7 Å². The Kier molecular flexibility index (Phi) is 10.0. The third kappa shape index (κ3) is 7.84. The van der Waals surface area contributed by atoms with Crippen molar-refractivity contribution in [1.29, 1.82) is 0 Å². The summed E-state index contributed by atoms with van der Waals surface area (Å²) in [7, 11) is 0. The molecule has 198 valence electrons. The summed E-state index contributed by atoms with van der Waals surface area (Å²) >= 11 is 6.01. The number of carbonyl (C=O) groups is 1. The van der Waals surface area contributed by atoms with Gasteiger partial charge in [0.25, 0.3) is 0 Å². The quantitative estimate of drug-likeness (QED) is 0.481. The molecule has 0 N–H and O–H groups in total. The molecule has 0 bridgehead atoms. The number of pyridine rings is 1. The van der Waals surface area contributed by atoms with E-state index in [0.29, 0.717) is 24.9 Å². The van der Waals surface area contributed by atoms with Crippen molar-refractivity contribution < 1.29 is 18.0 Å². The van der Waals surface area contributed by atoms with E-state index in [2.05, 4.69) is 14.8 Å². The molecule has 1 aromatic carbocycles. The van der Waals surface area contributed by atoms with Gasteiger partial charge in [0.15, 0.2) is 0 Å². The lowest BCUT2D eigenvalue weighted by atomic mass is 9.91. The zero-order valence-electron chi connectivity index (χ0n) is 19.8. The van der Waals surface area contributed by atoms with E-state index in [1.165, 1.54) is 18.0 Å². The number of rotatable bonds is 6. The van der Waals surface area contributed by atoms with E-state index in [-0.39, 0.29) is 19.3 Å². The summed E-state index contributed by atoms with van der Waals surface area (Å²) < 4.78 is 39.0. The number of nitrogens with zero attached hydrogens (tertiary/aromatic N) is 4. The first kappa shape index (κ1) is 28.3. The van der Waals surface area contributed by atoms with Gasteiger partial charge in [-0.15, -0.1) is 0 Å². The minimum atomic E-state index is -4.39. The molecule has 0 radical (unpaired) electrons. The summed E-state index contributed by atoms with van der Waals surface area (Å²) in [6, 6.07) is 9.09. The topological polar surface area (TPSA) is 39.7 Å². The van der Waals surface area contributed by atoms with Crippen LogP contribution in [0.3, 0.4) is 0 Å². The van der Waals surface area contributed by atoms with Gasteiger partial charge in [0.2, 0.25) is 5.91 Å². The third-order valence-electron chi connectivity index (χ3n) is 6.94. The van der Waals surface area contributed by atoms with Crippen molar-refractivity contribution in [3.63, 3.8) is 0 Å². The van der Waals surface area contributed by atoms with Crippen LogP contribution in [0.5, 0.6) is 0 Å². The number of hydrogen-bond acceptors (Lipinski definition) is 4. The summed E-state index contributed by atoms with van der Waals surface area (Å²) in [5.74, 6) is 0.291. The highest BCUT2D eigenvalue weighted by Crippen LogP contribution is 2.30. The number of alkyl halides is 3. The second kappa shape index (κ2) is 12.8. The number of likely N-dealkylation sites (tertiary alicyclic amines) is 1. The van der Waals surface area contributed by atoms with E-state index in [1.54, 1.807) is 0 Å². The maximum absolute atomic E-state index is 13.0. The molecule has 2 aliphatic heterocycles. The van der Waals surface area contributed by atoms with Gasteiger partial charge in [-0.05, 0) is 74.0 Å². The molecule has 2 aliphatic rings. The summed E-state index contributed by atoms with van der Waals surface area (Å²) in [5.41, 5.74) is 1.03. The fraction of sp³-hybridized carbons (Fsp3) is 0.556. The first-order chi connectivity index (χ1) is 16.8. The Morgan fingerprint density at radius 3 is 2.56 bits per heavy atom. The van der Waals surface area contributed by atoms with E-state index in [9.17, 15) is 18.0 Å². The van der Waals surface area contributed by atoms with Crippen molar-refractivity contribution >= 4 is 23.2 Å². The van der Waals surface area contributed by atoms with Gasteiger partial charge in [-0.1, -0.05) is 19.0 Å². The maximum atomic E-state index is 13.0. The molecule has 4 rings (SSSR count). The van der Waals surface area contributed by atoms with Crippen LogP contribution in [0.2, 0.25) is 5.02 Å². The lowest BCUT2D eigenvalue weighted by Crippen LogP contribution is -2.42. The van der Waals surface area contributed by atoms with Gasteiger partial charge >= 0.3 is 6.18 Å². The SMILES string of the molecule is C.O=C(CCN1CCCN(c2ccc(Cl)cc2)CC1)N1CCC[C@H](Cc2cncc(C(F)(F)F)c2)C1. The van der Waals surface area contributed by atoms with E-state index in [4.69, 9.17) is 11.6 Å². The van der Waals surface area contributed by atoms with Crippen molar-refractivity contribution in [3.05, 3.63) is 58.9 Å². The number of halogens is 4. The van der Waals surface area contributed by atoms with Crippen LogP contribution in [0.15, 0.2) is 42.7 Å². The number of benzene rings is 1. The van der Waals surface area contributed by atoms with E-state index >= 15 is 0 Å². The number of anilines is 1. The molecule has 2 aromatic rings. The number of amides is 1.